The van der Waals surface area contributed by atoms with E-state index in [1.807, 2.05) is 26.0 Å². The number of halogens is 1. The van der Waals surface area contributed by atoms with Crippen molar-refractivity contribution in [1.82, 2.24) is 4.98 Å². The molecule has 112 valence electrons. The molecule has 0 aliphatic rings. The smallest absolute Gasteiger partial charge is 0.230 e. The standard InChI is InChI=1S/C15H18BrN3OS/c1-9(10(2)17)14(20)19-15-18-8-13(21-15)7-11-3-5-12(16)6-4-11/h3-6,8-10H,7,17H2,1-2H3,(H,18,19,20). The number of hydrogen-bond acceptors (Lipinski definition) is 4. The molecule has 1 amide bonds. The molecule has 0 fully saturated rings. The highest BCUT2D eigenvalue weighted by Gasteiger charge is 2.18. The Labute approximate surface area is 136 Å². The zero-order chi connectivity index (χ0) is 15.4. The quantitative estimate of drug-likeness (QED) is 0.850. The number of anilines is 1. The molecule has 0 aliphatic carbocycles. The van der Waals surface area contributed by atoms with Gasteiger partial charge in [-0.1, -0.05) is 35.0 Å². The van der Waals surface area contributed by atoms with Crippen molar-refractivity contribution >= 4 is 38.3 Å². The number of amides is 1. The van der Waals surface area contributed by atoms with Crippen molar-refractivity contribution in [2.24, 2.45) is 11.7 Å². The Hall–Kier alpha value is -1.24. The number of nitrogens with two attached hydrogens (primary N) is 1. The minimum Gasteiger partial charge on any atom is -0.327 e. The minimum atomic E-state index is -0.233. The second-order valence-corrected chi connectivity index (χ2v) is 7.10. The number of rotatable bonds is 5. The van der Waals surface area contributed by atoms with Crippen LogP contribution in [-0.2, 0) is 11.2 Å². The van der Waals surface area contributed by atoms with Crippen molar-refractivity contribution in [2.75, 3.05) is 5.32 Å². The average Bonchev–Trinajstić information content (AvgIpc) is 2.87. The molecule has 0 aliphatic heterocycles. The van der Waals surface area contributed by atoms with Crippen LogP contribution in [0, 0.1) is 5.92 Å². The van der Waals surface area contributed by atoms with Crippen molar-refractivity contribution < 1.29 is 4.79 Å². The van der Waals surface area contributed by atoms with E-state index >= 15 is 0 Å². The Morgan fingerprint density at radius 2 is 2.05 bits per heavy atom. The number of nitrogens with zero attached hydrogens (tertiary/aromatic N) is 1. The molecule has 2 aromatic rings. The zero-order valence-corrected chi connectivity index (χ0v) is 14.4. The van der Waals surface area contributed by atoms with E-state index in [0.717, 1.165) is 15.8 Å². The molecule has 4 nitrogen and oxygen atoms in total. The number of carbonyl (C=O) groups excluding carboxylic acids is 1. The number of thiazole rings is 1. The van der Waals surface area contributed by atoms with E-state index < -0.39 is 0 Å². The van der Waals surface area contributed by atoms with Gasteiger partial charge in [-0.3, -0.25) is 4.79 Å². The number of benzene rings is 1. The third kappa shape index (κ3) is 4.62. The van der Waals surface area contributed by atoms with Gasteiger partial charge in [0.05, 0.1) is 5.92 Å². The van der Waals surface area contributed by atoms with Crippen molar-refractivity contribution in [2.45, 2.75) is 26.3 Å². The Balaban J connectivity index is 1.98. The van der Waals surface area contributed by atoms with Crippen molar-refractivity contribution in [3.8, 4) is 0 Å². The van der Waals surface area contributed by atoms with Crippen LogP contribution >= 0.6 is 27.3 Å². The predicted octanol–water partition coefficient (Wildman–Crippen LogP) is 3.42. The van der Waals surface area contributed by atoms with E-state index in [0.29, 0.717) is 5.13 Å². The highest BCUT2D eigenvalue weighted by molar-refractivity contribution is 9.10. The fourth-order valence-corrected chi connectivity index (χ4v) is 2.82. The lowest BCUT2D eigenvalue weighted by atomic mass is 10.0. The van der Waals surface area contributed by atoms with Crippen LogP contribution < -0.4 is 11.1 Å². The maximum atomic E-state index is 11.9. The molecule has 6 heteroatoms. The predicted molar refractivity (Wildman–Crippen MR) is 90.5 cm³/mol. The van der Waals surface area contributed by atoms with E-state index in [2.05, 4.69) is 38.4 Å². The van der Waals surface area contributed by atoms with Gasteiger partial charge in [0.2, 0.25) is 5.91 Å². The third-order valence-corrected chi connectivity index (χ3v) is 4.72. The minimum absolute atomic E-state index is 0.0884. The van der Waals surface area contributed by atoms with Crippen molar-refractivity contribution in [1.29, 1.82) is 0 Å². The van der Waals surface area contributed by atoms with Crippen LogP contribution in [-0.4, -0.2) is 16.9 Å². The molecule has 21 heavy (non-hydrogen) atoms. The molecule has 0 radical (unpaired) electrons. The van der Waals surface area contributed by atoms with Gasteiger partial charge in [0.15, 0.2) is 5.13 Å². The number of carbonyl (C=O) groups is 1. The first-order valence-electron chi connectivity index (χ1n) is 6.71. The summed E-state index contributed by atoms with van der Waals surface area (Å²) in [7, 11) is 0. The van der Waals surface area contributed by atoms with Gasteiger partial charge in [-0.2, -0.15) is 0 Å². The summed E-state index contributed by atoms with van der Waals surface area (Å²) in [6, 6.07) is 8.00. The Bertz CT molecular complexity index is 610. The van der Waals surface area contributed by atoms with E-state index in [4.69, 9.17) is 5.73 Å². The summed E-state index contributed by atoms with van der Waals surface area (Å²) in [5.41, 5.74) is 6.94. The molecule has 3 N–H and O–H groups in total. The van der Waals surface area contributed by atoms with Gasteiger partial charge in [0.25, 0.3) is 0 Å². The highest BCUT2D eigenvalue weighted by Crippen LogP contribution is 2.22. The summed E-state index contributed by atoms with van der Waals surface area (Å²) in [5.74, 6) is -0.321. The molecule has 0 bridgehead atoms. The van der Waals surface area contributed by atoms with Crippen molar-refractivity contribution in [3.63, 3.8) is 0 Å². The summed E-state index contributed by atoms with van der Waals surface area (Å²) in [6.45, 7) is 3.64. The topological polar surface area (TPSA) is 68.0 Å². The molecule has 0 saturated heterocycles. The first-order valence-corrected chi connectivity index (χ1v) is 8.32. The second kappa shape index (κ2) is 7.15. The first kappa shape index (κ1) is 16.1. The zero-order valence-electron chi connectivity index (χ0n) is 12.0. The molecule has 0 spiro atoms. The van der Waals surface area contributed by atoms with Gasteiger partial charge in [-0.15, -0.1) is 11.3 Å². The average molecular weight is 368 g/mol. The maximum Gasteiger partial charge on any atom is 0.230 e. The third-order valence-electron chi connectivity index (χ3n) is 3.28. The molecule has 2 rings (SSSR count). The van der Waals surface area contributed by atoms with Gasteiger partial charge in [-0.05, 0) is 24.6 Å². The Morgan fingerprint density at radius 3 is 2.67 bits per heavy atom. The summed E-state index contributed by atoms with van der Waals surface area (Å²) in [6.07, 6.45) is 2.61. The molecule has 1 aromatic heterocycles. The SMILES string of the molecule is CC(N)C(C)C(=O)Nc1ncc(Cc2ccc(Br)cc2)s1. The fraction of sp³-hybridized carbons (Fsp3) is 0.333. The number of hydrogen-bond donors (Lipinski definition) is 2. The molecule has 2 unspecified atom stereocenters. The van der Waals surface area contributed by atoms with Gasteiger partial charge >= 0.3 is 0 Å². The normalized spacial score (nSPS) is 13.7. The van der Waals surface area contributed by atoms with E-state index in [-0.39, 0.29) is 17.9 Å². The lowest BCUT2D eigenvalue weighted by Crippen LogP contribution is -2.34. The van der Waals surface area contributed by atoms with Crippen LogP contribution in [0.25, 0.3) is 0 Å². The van der Waals surface area contributed by atoms with Crippen LogP contribution in [0.2, 0.25) is 0 Å². The molecular weight excluding hydrogens is 350 g/mol. The Kier molecular flexibility index (Phi) is 5.50. The molecule has 1 aromatic carbocycles. The van der Waals surface area contributed by atoms with Crippen LogP contribution in [0.15, 0.2) is 34.9 Å². The number of nitrogens with one attached hydrogen (secondary N) is 1. The second-order valence-electron chi connectivity index (χ2n) is 5.07. The summed E-state index contributed by atoms with van der Waals surface area (Å²) < 4.78 is 1.06. The van der Waals surface area contributed by atoms with E-state index in [1.54, 1.807) is 6.20 Å². The monoisotopic (exact) mass is 367 g/mol. The van der Waals surface area contributed by atoms with Crippen molar-refractivity contribution in [3.05, 3.63) is 45.4 Å². The van der Waals surface area contributed by atoms with E-state index in [9.17, 15) is 4.79 Å². The lowest BCUT2D eigenvalue weighted by Gasteiger charge is -2.13. The van der Waals surface area contributed by atoms with Gasteiger partial charge in [-0.25, -0.2) is 4.98 Å². The molecule has 0 saturated carbocycles. The van der Waals surface area contributed by atoms with Crippen LogP contribution in [0.1, 0.15) is 24.3 Å². The lowest BCUT2D eigenvalue weighted by molar-refractivity contribution is -0.119. The highest BCUT2D eigenvalue weighted by atomic mass is 79.9. The maximum absolute atomic E-state index is 11.9. The fourth-order valence-electron chi connectivity index (χ4n) is 1.71. The van der Waals surface area contributed by atoms with Gasteiger partial charge in [0.1, 0.15) is 0 Å². The van der Waals surface area contributed by atoms with E-state index in [1.165, 1.54) is 16.9 Å². The van der Waals surface area contributed by atoms with Crippen LogP contribution in [0.4, 0.5) is 5.13 Å². The van der Waals surface area contributed by atoms with Gasteiger partial charge in [0, 0.05) is 28.0 Å². The molecule has 1 heterocycles. The largest absolute Gasteiger partial charge is 0.327 e. The Morgan fingerprint density at radius 1 is 1.38 bits per heavy atom. The van der Waals surface area contributed by atoms with Gasteiger partial charge < -0.3 is 11.1 Å². The van der Waals surface area contributed by atoms with Crippen LogP contribution in [0.5, 0.6) is 0 Å². The first-order chi connectivity index (χ1) is 9.95. The molecular formula is C15H18BrN3OS. The molecule has 2 atom stereocenters. The number of aromatic nitrogens is 1. The summed E-state index contributed by atoms with van der Waals surface area (Å²) >= 11 is 4.91. The summed E-state index contributed by atoms with van der Waals surface area (Å²) in [5, 5.41) is 3.44. The van der Waals surface area contributed by atoms with Crippen LogP contribution in [0.3, 0.4) is 0 Å². The summed E-state index contributed by atoms with van der Waals surface area (Å²) in [4.78, 5) is 17.3.